The van der Waals surface area contributed by atoms with Crippen LogP contribution in [0.3, 0.4) is 0 Å². The summed E-state index contributed by atoms with van der Waals surface area (Å²) in [5.74, 6) is -0.206. The highest BCUT2D eigenvalue weighted by atomic mass is 35.5. The number of carbonyl (C=O) groups excluding carboxylic acids is 2. The quantitative estimate of drug-likeness (QED) is 0.756. The van der Waals surface area contributed by atoms with Crippen molar-refractivity contribution in [3.63, 3.8) is 0 Å². The fraction of sp³-hybridized carbons (Fsp3) is 0.200. The van der Waals surface area contributed by atoms with E-state index in [2.05, 4.69) is 5.32 Å². The van der Waals surface area contributed by atoms with Crippen molar-refractivity contribution in [3.05, 3.63) is 63.6 Å². The van der Waals surface area contributed by atoms with Crippen LogP contribution in [0.25, 0.3) is 6.08 Å². The molecule has 1 aliphatic rings. The summed E-state index contributed by atoms with van der Waals surface area (Å²) in [6.07, 6.45) is 4.93. The van der Waals surface area contributed by atoms with Gasteiger partial charge in [0.25, 0.3) is 0 Å². The van der Waals surface area contributed by atoms with Crippen molar-refractivity contribution in [2.45, 2.75) is 19.8 Å². The van der Waals surface area contributed by atoms with E-state index in [0.29, 0.717) is 15.7 Å². The lowest BCUT2D eigenvalue weighted by Crippen LogP contribution is -2.33. The van der Waals surface area contributed by atoms with Gasteiger partial charge < -0.3 is 10.2 Å². The van der Waals surface area contributed by atoms with E-state index in [4.69, 9.17) is 23.2 Å². The number of carbonyl (C=O) groups is 2. The van der Waals surface area contributed by atoms with Crippen LogP contribution < -0.4 is 10.2 Å². The molecule has 2 amide bonds. The van der Waals surface area contributed by atoms with E-state index in [0.717, 1.165) is 36.2 Å². The van der Waals surface area contributed by atoms with Crippen LogP contribution >= 0.6 is 23.2 Å². The Morgan fingerprint density at radius 2 is 1.92 bits per heavy atom. The Hall–Kier alpha value is -2.30. The first kappa shape index (κ1) is 18.5. The van der Waals surface area contributed by atoms with Gasteiger partial charge in [-0.25, -0.2) is 0 Å². The van der Waals surface area contributed by atoms with Gasteiger partial charge in [-0.05, 0) is 60.4 Å². The molecule has 1 aliphatic heterocycles. The van der Waals surface area contributed by atoms with Gasteiger partial charge in [-0.2, -0.15) is 0 Å². The molecule has 0 atom stereocenters. The van der Waals surface area contributed by atoms with Crippen LogP contribution in [0.2, 0.25) is 10.0 Å². The van der Waals surface area contributed by atoms with Gasteiger partial charge >= 0.3 is 0 Å². The van der Waals surface area contributed by atoms with Crippen LogP contribution in [-0.2, 0) is 16.0 Å². The van der Waals surface area contributed by atoms with E-state index in [1.165, 1.54) is 6.08 Å². The fourth-order valence-corrected chi connectivity index (χ4v) is 3.28. The van der Waals surface area contributed by atoms with E-state index in [1.54, 1.807) is 36.1 Å². The minimum absolute atomic E-state index is 0.0345. The zero-order valence-electron chi connectivity index (χ0n) is 14.3. The van der Waals surface area contributed by atoms with Gasteiger partial charge in [-0.3, -0.25) is 9.59 Å². The second-order valence-corrected chi connectivity index (χ2v) is 6.93. The van der Waals surface area contributed by atoms with Gasteiger partial charge in [-0.1, -0.05) is 29.3 Å². The Kier molecular flexibility index (Phi) is 5.64. The van der Waals surface area contributed by atoms with Gasteiger partial charge in [0, 0.05) is 30.9 Å². The minimum Gasteiger partial charge on any atom is -0.323 e. The Bertz CT molecular complexity index is 893. The van der Waals surface area contributed by atoms with Gasteiger partial charge in [0.05, 0.1) is 10.0 Å². The molecular weight excluding hydrogens is 371 g/mol. The molecule has 0 radical (unpaired) electrons. The SMILES string of the molecule is CC(=O)N1CCCc2cc(NC(=O)/C=C/c3ccc(Cl)c(Cl)c3)ccc21. The first-order chi connectivity index (χ1) is 12.4. The Morgan fingerprint density at radius 1 is 1.12 bits per heavy atom. The summed E-state index contributed by atoms with van der Waals surface area (Å²) in [6, 6.07) is 10.8. The summed E-state index contributed by atoms with van der Waals surface area (Å²) in [4.78, 5) is 25.6. The van der Waals surface area contributed by atoms with E-state index in [-0.39, 0.29) is 11.8 Å². The maximum absolute atomic E-state index is 12.2. The maximum Gasteiger partial charge on any atom is 0.248 e. The molecule has 0 saturated carbocycles. The summed E-state index contributed by atoms with van der Waals surface area (Å²) in [7, 11) is 0. The average Bonchev–Trinajstić information content (AvgIpc) is 2.62. The predicted octanol–water partition coefficient (Wildman–Crippen LogP) is 4.94. The van der Waals surface area contributed by atoms with Crippen LogP contribution in [0.5, 0.6) is 0 Å². The number of fused-ring (bicyclic) bond motifs is 1. The van der Waals surface area contributed by atoms with E-state index in [1.807, 2.05) is 18.2 Å². The van der Waals surface area contributed by atoms with Crippen molar-refractivity contribution < 1.29 is 9.59 Å². The van der Waals surface area contributed by atoms with Crippen LogP contribution in [0.4, 0.5) is 11.4 Å². The molecule has 0 aliphatic carbocycles. The Balaban J connectivity index is 1.70. The molecule has 1 heterocycles. The van der Waals surface area contributed by atoms with Gasteiger partial charge in [-0.15, -0.1) is 0 Å². The zero-order valence-corrected chi connectivity index (χ0v) is 15.8. The molecule has 4 nitrogen and oxygen atoms in total. The summed E-state index contributed by atoms with van der Waals surface area (Å²) in [6.45, 7) is 2.30. The Morgan fingerprint density at radius 3 is 2.65 bits per heavy atom. The van der Waals surface area contributed by atoms with Crippen molar-refractivity contribution in [2.24, 2.45) is 0 Å². The molecule has 0 saturated heterocycles. The standard InChI is InChI=1S/C20H18Cl2N2O2/c1-13(25)24-10-2-3-15-12-16(6-8-19(15)24)23-20(26)9-5-14-4-7-17(21)18(22)11-14/h4-9,11-12H,2-3,10H2,1H3,(H,23,26)/b9-5+. The monoisotopic (exact) mass is 388 g/mol. The number of aryl methyl sites for hydroxylation is 1. The van der Waals surface area contributed by atoms with Crippen LogP contribution in [0.15, 0.2) is 42.5 Å². The van der Waals surface area contributed by atoms with Crippen LogP contribution in [0.1, 0.15) is 24.5 Å². The molecule has 0 bridgehead atoms. The van der Waals surface area contributed by atoms with Crippen LogP contribution in [0, 0.1) is 0 Å². The highest BCUT2D eigenvalue weighted by molar-refractivity contribution is 6.42. The number of anilines is 2. The highest BCUT2D eigenvalue weighted by Gasteiger charge is 2.20. The Labute approximate surface area is 162 Å². The molecule has 3 rings (SSSR count). The molecule has 0 unspecified atom stereocenters. The zero-order chi connectivity index (χ0) is 18.7. The second kappa shape index (κ2) is 7.94. The summed E-state index contributed by atoms with van der Waals surface area (Å²) < 4.78 is 0. The predicted molar refractivity (Wildman–Crippen MR) is 107 cm³/mol. The summed E-state index contributed by atoms with van der Waals surface area (Å²) in [5, 5.41) is 3.76. The van der Waals surface area contributed by atoms with Crippen molar-refractivity contribution in [2.75, 3.05) is 16.8 Å². The van der Waals surface area contributed by atoms with E-state index < -0.39 is 0 Å². The second-order valence-electron chi connectivity index (χ2n) is 6.11. The molecule has 2 aromatic rings. The summed E-state index contributed by atoms with van der Waals surface area (Å²) >= 11 is 11.8. The smallest absolute Gasteiger partial charge is 0.248 e. The molecule has 26 heavy (non-hydrogen) atoms. The lowest BCUT2D eigenvalue weighted by atomic mass is 10.0. The number of halogens is 2. The van der Waals surface area contributed by atoms with Crippen LogP contribution in [-0.4, -0.2) is 18.4 Å². The molecule has 0 aromatic heterocycles. The third-order valence-corrected chi connectivity index (χ3v) is 4.96. The molecule has 0 spiro atoms. The topological polar surface area (TPSA) is 49.4 Å². The fourth-order valence-electron chi connectivity index (χ4n) is 2.97. The van der Waals surface area contributed by atoms with Crippen molar-refractivity contribution >= 4 is 52.5 Å². The number of rotatable bonds is 3. The number of nitrogens with one attached hydrogen (secondary N) is 1. The molecule has 1 N–H and O–H groups in total. The molecule has 6 heteroatoms. The lowest BCUT2D eigenvalue weighted by Gasteiger charge is -2.28. The van der Waals surface area contributed by atoms with Gasteiger partial charge in [0.15, 0.2) is 0 Å². The third-order valence-electron chi connectivity index (χ3n) is 4.22. The molecular formula is C20H18Cl2N2O2. The lowest BCUT2D eigenvalue weighted by molar-refractivity contribution is -0.116. The molecule has 0 fully saturated rings. The van der Waals surface area contributed by atoms with Crippen molar-refractivity contribution in [1.82, 2.24) is 0 Å². The number of amides is 2. The van der Waals surface area contributed by atoms with E-state index in [9.17, 15) is 9.59 Å². The number of hydrogen-bond acceptors (Lipinski definition) is 2. The molecule has 2 aromatic carbocycles. The number of hydrogen-bond donors (Lipinski definition) is 1. The minimum atomic E-state index is -0.241. The average molecular weight is 389 g/mol. The van der Waals surface area contributed by atoms with E-state index >= 15 is 0 Å². The summed E-state index contributed by atoms with van der Waals surface area (Å²) in [5.41, 5.74) is 3.49. The normalized spacial score (nSPS) is 13.6. The first-order valence-corrected chi connectivity index (χ1v) is 9.05. The third kappa shape index (κ3) is 4.26. The molecule has 134 valence electrons. The van der Waals surface area contributed by atoms with Crippen molar-refractivity contribution in [1.29, 1.82) is 0 Å². The number of nitrogens with zero attached hydrogens (tertiary/aromatic N) is 1. The maximum atomic E-state index is 12.2. The van der Waals surface area contributed by atoms with Gasteiger partial charge in [0.2, 0.25) is 11.8 Å². The number of benzene rings is 2. The van der Waals surface area contributed by atoms with Gasteiger partial charge in [0.1, 0.15) is 0 Å². The van der Waals surface area contributed by atoms with Crippen molar-refractivity contribution in [3.8, 4) is 0 Å². The first-order valence-electron chi connectivity index (χ1n) is 8.29. The largest absolute Gasteiger partial charge is 0.323 e. The highest BCUT2D eigenvalue weighted by Crippen LogP contribution is 2.30.